The minimum Gasteiger partial charge on any atom is -0.462 e. The molecule has 0 aliphatic carbocycles. The van der Waals surface area contributed by atoms with Crippen molar-refractivity contribution in [3.8, 4) is 0 Å². The third-order valence-electron chi connectivity index (χ3n) is 14.5. The van der Waals surface area contributed by atoms with Crippen LogP contribution in [0.3, 0.4) is 0 Å². The van der Waals surface area contributed by atoms with Crippen LogP contribution in [0.25, 0.3) is 0 Å². The normalized spacial score (nSPS) is 12.9. The van der Waals surface area contributed by atoms with Crippen molar-refractivity contribution >= 4 is 17.9 Å². The Labute approximate surface area is 501 Å². The fraction of sp³-hybridized carbons (Fsp3) is 0.693. The molecule has 6 nitrogen and oxygen atoms in total. The van der Waals surface area contributed by atoms with Crippen molar-refractivity contribution < 1.29 is 28.6 Å². The van der Waals surface area contributed by atoms with E-state index in [1.165, 1.54) is 135 Å². The summed E-state index contributed by atoms with van der Waals surface area (Å²) >= 11 is 0. The fourth-order valence-corrected chi connectivity index (χ4v) is 9.44. The van der Waals surface area contributed by atoms with E-state index in [9.17, 15) is 14.4 Å². The molecule has 0 saturated heterocycles. The first-order valence-electron chi connectivity index (χ1n) is 34.0. The molecule has 1 atom stereocenters. The molecule has 0 N–H and O–H groups in total. The largest absolute Gasteiger partial charge is 0.462 e. The molecule has 0 aromatic rings. The highest BCUT2D eigenvalue weighted by Crippen LogP contribution is 2.17. The lowest BCUT2D eigenvalue weighted by Crippen LogP contribution is -2.30. The van der Waals surface area contributed by atoms with E-state index in [0.29, 0.717) is 19.3 Å². The molecule has 0 radical (unpaired) electrons. The Bertz CT molecular complexity index is 1670. The average molecular weight is 1120 g/mol. The standard InChI is InChI=1S/C75H126O6/c1-4-7-10-13-16-19-22-25-28-31-34-36-37-39-41-44-47-50-53-56-59-62-65-68-74(77)80-71-72(70-79-73(76)67-64-61-58-55-52-49-46-43-40-33-30-27-24-21-18-15-12-9-6-3)81-75(78)69-66-63-60-57-54-51-48-45-42-38-35-32-29-26-23-20-17-14-11-8-5-2/h7-8,10-11,16-17,19-20,25-26,28-29,34-36,38-39,41,47,50,72H,4-6,9,12-15,18,21-24,27,30-33,37,40,42-46,48-49,51-71H2,1-3H3/b10-7-,11-8-,19-16-,20-17-,28-25-,29-26-,36-34-,38-35-,41-39-,50-47-. The molecule has 0 spiro atoms. The topological polar surface area (TPSA) is 78.9 Å². The van der Waals surface area contributed by atoms with Gasteiger partial charge < -0.3 is 14.2 Å². The first-order valence-corrected chi connectivity index (χ1v) is 34.0. The number of ether oxygens (including phenoxy) is 3. The van der Waals surface area contributed by atoms with Crippen molar-refractivity contribution in [3.63, 3.8) is 0 Å². The van der Waals surface area contributed by atoms with Crippen LogP contribution in [-0.2, 0) is 28.6 Å². The first kappa shape index (κ1) is 76.8. The molecule has 0 amide bonds. The van der Waals surface area contributed by atoms with Crippen LogP contribution in [0.1, 0.15) is 316 Å². The van der Waals surface area contributed by atoms with Gasteiger partial charge in [0.05, 0.1) is 0 Å². The number of unbranched alkanes of at least 4 members (excludes halogenated alkanes) is 30. The number of rotatable bonds is 61. The van der Waals surface area contributed by atoms with Gasteiger partial charge in [-0.2, -0.15) is 0 Å². The van der Waals surface area contributed by atoms with Crippen molar-refractivity contribution in [2.75, 3.05) is 13.2 Å². The van der Waals surface area contributed by atoms with Gasteiger partial charge in [0.2, 0.25) is 0 Å². The summed E-state index contributed by atoms with van der Waals surface area (Å²) in [6.07, 6.45) is 94.9. The summed E-state index contributed by atoms with van der Waals surface area (Å²) in [7, 11) is 0. The second kappa shape index (κ2) is 68.3. The molecule has 0 rings (SSSR count). The Kier molecular flexibility index (Phi) is 64.8. The molecule has 1 unspecified atom stereocenters. The zero-order valence-corrected chi connectivity index (χ0v) is 53.0. The molecular weight excluding hydrogens is 997 g/mol. The maximum absolute atomic E-state index is 13.0. The van der Waals surface area contributed by atoms with Gasteiger partial charge in [0.15, 0.2) is 6.10 Å². The highest BCUT2D eigenvalue weighted by atomic mass is 16.6. The molecule has 0 heterocycles. The number of hydrogen-bond acceptors (Lipinski definition) is 6. The van der Waals surface area contributed by atoms with E-state index in [2.05, 4.69) is 142 Å². The minimum atomic E-state index is -0.798. The van der Waals surface area contributed by atoms with Gasteiger partial charge in [-0.25, -0.2) is 0 Å². The molecule has 0 bridgehead atoms. The van der Waals surface area contributed by atoms with Gasteiger partial charge >= 0.3 is 17.9 Å². The highest BCUT2D eigenvalue weighted by Gasteiger charge is 2.19. The van der Waals surface area contributed by atoms with E-state index >= 15 is 0 Å². The molecule has 0 aromatic carbocycles. The lowest BCUT2D eigenvalue weighted by Gasteiger charge is -2.18. The summed E-state index contributed by atoms with van der Waals surface area (Å²) in [6, 6.07) is 0. The predicted octanol–water partition coefficient (Wildman–Crippen LogP) is 23.6. The van der Waals surface area contributed by atoms with Crippen molar-refractivity contribution in [2.24, 2.45) is 0 Å². The molecule has 462 valence electrons. The molecule has 6 heteroatoms. The van der Waals surface area contributed by atoms with E-state index in [1.54, 1.807) is 0 Å². The zero-order chi connectivity index (χ0) is 58.5. The van der Waals surface area contributed by atoms with E-state index in [-0.39, 0.29) is 31.1 Å². The van der Waals surface area contributed by atoms with Crippen LogP contribution in [0.5, 0.6) is 0 Å². The van der Waals surface area contributed by atoms with Crippen LogP contribution < -0.4 is 0 Å². The van der Waals surface area contributed by atoms with Crippen molar-refractivity contribution in [1.82, 2.24) is 0 Å². The Morgan fingerprint density at radius 2 is 0.481 bits per heavy atom. The van der Waals surface area contributed by atoms with Crippen LogP contribution in [0, 0.1) is 0 Å². The van der Waals surface area contributed by atoms with Crippen LogP contribution in [0.2, 0.25) is 0 Å². The van der Waals surface area contributed by atoms with Crippen LogP contribution in [0.15, 0.2) is 122 Å². The number of hydrogen-bond donors (Lipinski definition) is 0. The maximum Gasteiger partial charge on any atom is 0.306 e. The predicted molar refractivity (Wildman–Crippen MR) is 353 cm³/mol. The molecule has 0 aromatic heterocycles. The Balaban J connectivity index is 4.45. The van der Waals surface area contributed by atoms with Crippen molar-refractivity contribution in [1.29, 1.82) is 0 Å². The van der Waals surface area contributed by atoms with Gasteiger partial charge in [0.1, 0.15) is 13.2 Å². The van der Waals surface area contributed by atoms with Gasteiger partial charge in [-0.1, -0.05) is 309 Å². The van der Waals surface area contributed by atoms with Crippen LogP contribution >= 0.6 is 0 Å². The van der Waals surface area contributed by atoms with Crippen molar-refractivity contribution in [3.05, 3.63) is 122 Å². The number of esters is 3. The summed E-state index contributed by atoms with van der Waals surface area (Å²) in [4.78, 5) is 38.5. The summed E-state index contributed by atoms with van der Waals surface area (Å²) < 4.78 is 17.0. The molecule has 0 saturated carbocycles. The summed E-state index contributed by atoms with van der Waals surface area (Å²) in [5.74, 6) is -0.912. The molecular formula is C75H126O6. The van der Waals surface area contributed by atoms with E-state index in [0.717, 1.165) is 141 Å². The second-order valence-electron chi connectivity index (χ2n) is 22.3. The van der Waals surface area contributed by atoms with E-state index in [4.69, 9.17) is 14.2 Å². The van der Waals surface area contributed by atoms with E-state index in [1.807, 2.05) is 0 Å². The fourth-order valence-electron chi connectivity index (χ4n) is 9.44. The van der Waals surface area contributed by atoms with E-state index < -0.39 is 6.10 Å². The Morgan fingerprint density at radius 1 is 0.259 bits per heavy atom. The van der Waals surface area contributed by atoms with Crippen molar-refractivity contribution in [2.45, 2.75) is 322 Å². The number of carbonyl (C=O) groups is 3. The first-order chi connectivity index (χ1) is 40.0. The van der Waals surface area contributed by atoms with Crippen LogP contribution in [-0.4, -0.2) is 37.2 Å². The van der Waals surface area contributed by atoms with Gasteiger partial charge in [0, 0.05) is 19.3 Å². The summed E-state index contributed by atoms with van der Waals surface area (Å²) in [5, 5.41) is 0. The van der Waals surface area contributed by atoms with Gasteiger partial charge in [0.25, 0.3) is 0 Å². The lowest BCUT2D eigenvalue weighted by molar-refractivity contribution is -0.167. The van der Waals surface area contributed by atoms with Gasteiger partial charge in [-0.3, -0.25) is 14.4 Å². The Hall–Kier alpha value is -4.19. The van der Waals surface area contributed by atoms with Gasteiger partial charge in [-0.15, -0.1) is 0 Å². The number of allylic oxidation sites excluding steroid dienone is 20. The quantitative estimate of drug-likeness (QED) is 0.0261. The zero-order valence-electron chi connectivity index (χ0n) is 53.0. The second-order valence-corrected chi connectivity index (χ2v) is 22.3. The van der Waals surface area contributed by atoms with Crippen LogP contribution in [0.4, 0.5) is 0 Å². The minimum absolute atomic E-state index is 0.0894. The lowest BCUT2D eigenvalue weighted by atomic mass is 10.0. The SMILES string of the molecule is CC/C=C\C/C=C\C/C=C\C/C=C\C/C=C\C/C=C\CCCCCCC(=O)OCC(COC(=O)CCCCCCCCCCCCCCCCCCCCC)OC(=O)CCCCCCCCCC/C=C\C/C=C\C/C=C\C/C=C\CC. The third kappa shape index (κ3) is 66.5. The molecule has 0 aliphatic rings. The smallest absolute Gasteiger partial charge is 0.306 e. The highest BCUT2D eigenvalue weighted by molar-refractivity contribution is 5.71. The number of carbonyl (C=O) groups excluding carboxylic acids is 3. The average Bonchev–Trinajstić information content (AvgIpc) is 3.47. The molecule has 0 aliphatic heterocycles. The van der Waals surface area contributed by atoms with Gasteiger partial charge in [-0.05, 0) is 109 Å². The monoisotopic (exact) mass is 1120 g/mol. The molecule has 0 fully saturated rings. The summed E-state index contributed by atoms with van der Waals surface area (Å²) in [5.41, 5.74) is 0. The Morgan fingerprint density at radius 3 is 0.753 bits per heavy atom. The molecule has 81 heavy (non-hydrogen) atoms. The third-order valence-corrected chi connectivity index (χ3v) is 14.5. The summed E-state index contributed by atoms with van der Waals surface area (Å²) in [6.45, 7) is 6.42. The maximum atomic E-state index is 13.0.